The van der Waals surface area contributed by atoms with Crippen LogP contribution in [0, 0.1) is 0 Å². The maximum Gasteiger partial charge on any atom is 0.244 e. The van der Waals surface area contributed by atoms with Crippen LogP contribution in [0.3, 0.4) is 0 Å². The van der Waals surface area contributed by atoms with Gasteiger partial charge in [-0.1, -0.05) is 30.3 Å². The fraction of sp³-hybridized carbons (Fsp3) is 0.400. The summed E-state index contributed by atoms with van der Waals surface area (Å²) in [6.07, 6.45) is 1.71. The van der Waals surface area contributed by atoms with Gasteiger partial charge in [0.1, 0.15) is 0 Å². The maximum absolute atomic E-state index is 4.52. The Hall–Kier alpha value is -2.17. The first-order chi connectivity index (χ1) is 9.69. The molecular weight excluding hydrogens is 250 g/mol. The lowest BCUT2D eigenvalue weighted by Crippen LogP contribution is -2.24. The van der Waals surface area contributed by atoms with Crippen molar-refractivity contribution in [2.45, 2.75) is 33.4 Å². The van der Waals surface area contributed by atoms with Crippen LogP contribution in [0.25, 0.3) is 0 Å². The lowest BCUT2D eigenvalue weighted by atomic mass is 10.2. The Labute approximate surface area is 120 Å². The smallest absolute Gasteiger partial charge is 0.244 e. The van der Waals surface area contributed by atoms with Crippen LogP contribution in [-0.2, 0) is 6.54 Å². The molecule has 2 rings (SSSR count). The number of nitrogens with zero attached hydrogens (tertiary/aromatic N) is 4. The molecule has 0 aliphatic heterocycles. The van der Waals surface area contributed by atoms with Crippen LogP contribution in [-0.4, -0.2) is 27.8 Å². The Kier molecular flexibility index (Phi) is 4.87. The summed E-state index contributed by atoms with van der Waals surface area (Å²) < 4.78 is 0. The second-order valence-electron chi connectivity index (χ2n) is 4.94. The van der Waals surface area contributed by atoms with Gasteiger partial charge in [0, 0.05) is 19.1 Å². The van der Waals surface area contributed by atoms with Crippen molar-refractivity contribution >= 4 is 11.8 Å². The highest BCUT2D eigenvalue weighted by Gasteiger charge is 2.09. The lowest BCUT2D eigenvalue weighted by molar-refractivity contribution is 0.787. The summed E-state index contributed by atoms with van der Waals surface area (Å²) in [6, 6.07) is 10.6. The van der Waals surface area contributed by atoms with E-state index in [0.29, 0.717) is 5.95 Å². The van der Waals surface area contributed by atoms with Gasteiger partial charge in [0.2, 0.25) is 5.95 Å². The second kappa shape index (κ2) is 6.84. The molecule has 5 nitrogen and oxygen atoms in total. The monoisotopic (exact) mass is 271 g/mol. The maximum atomic E-state index is 4.52. The molecule has 0 saturated carbocycles. The molecule has 20 heavy (non-hydrogen) atoms. The van der Waals surface area contributed by atoms with E-state index < -0.39 is 0 Å². The summed E-state index contributed by atoms with van der Waals surface area (Å²) in [5.74, 6) is 1.42. The molecule has 0 bridgehead atoms. The number of aromatic nitrogens is 3. The summed E-state index contributed by atoms with van der Waals surface area (Å²) in [7, 11) is 0. The number of benzene rings is 1. The van der Waals surface area contributed by atoms with Gasteiger partial charge in [-0.3, -0.25) is 0 Å². The fourth-order valence-corrected chi connectivity index (χ4v) is 1.93. The third-order valence-corrected chi connectivity index (χ3v) is 2.89. The van der Waals surface area contributed by atoms with Crippen LogP contribution in [0.5, 0.6) is 0 Å². The minimum atomic E-state index is 0.288. The SMILES string of the molecule is CCN(Cc1ccccc1)c1cnnc(NC(C)C)n1. The van der Waals surface area contributed by atoms with Crippen LogP contribution in [0.15, 0.2) is 36.5 Å². The standard InChI is InChI=1S/C15H21N5/c1-4-20(11-13-8-6-5-7-9-13)14-10-16-19-15(18-14)17-12(2)3/h5-10,12H,4,11H2,1-3H3,(H,17,18,19). The summed E-state index contributed by atoms with van der Waals surface area (Å²) in [6.45, 7) is 7.90. The number of nitrogens with one attached hydrogen (secondary N) is 1. The zero-order valence-corrected chi connectivity index (χ0v) is 12.2. The third-order valence-electron chi connectivity index (χ3n) is 2.89. The largest absolute Gasteiger partial charge is 0.351 e. The molecule has 0 aliphatic rings. The second-order valence-corrected chi connectivity index (χ2v) is 4.94. The van der Waals surface area contributed by atoms with Crippen molar-refractivity contribution in [3.8, 4) is 0 Å². The van der Waals surface area contributed by atoms with Crippen molar-refractivity contribution in [3.05, 3.63) is 42.1 Å². The minimum absolute atomic E-state index is 0.288. The molecule has 0 radical (unpaired) electrons. The molecule has 0 fully saturated rings. The molecule has 1 aromatic carbocycles. The van der Waals surface area contributed by atoms with E-state index in [9.17, 15) is 0 Å². The van der Waals surface area contributed by atoms with E-state index in [0.717, 1.165) is 18.9 Å². The Morgan fingerprint density at radius 1 is 1.20 bits per heavy atom. The Morgan fingerprint density at radius 3 is 2.60 bits per heavy atom. The number of hydrogen-bond acceptors (Lipinski definition) is 5. The average Bonchev–Trinajstić information content (AvgIpc) is 2.45. The van der Waals surface area contributed by atoms with Crippen molar-refractivity contribution in [3.63, 3.8) is 0 Å². The van der Waals surface area contributed by atoms with E-state index in [-0.39, 0.29) is 6.04 Å². The Morgan fingerprint density at radius 2 is 1.95 bits per heavy atom. The number of rotatable bonds is 6. The van der Waals surface area contributed by atoms with Crippen molar-refractivity contribution < 1.29 is 0 Å². The van der Waals surface area contributed by atoms with Crippen molar-refractivity contribution in [1.82, 2.24) is 15.2 Å². The summed E-state index contributed by atoms with van der Waals surface area (Å²) in [5, 5.41) is 11.2. The molecule has 0 saturated heterocycles. The zero-order chi connectivity index (χ0) is 14.4. The average molecular weight is 271 g/mol. The van der Waals surface area contributed by atoms with Gasteiger partial charge in [0.05, 0.1) is 6.20 Å². The van der Waals surface area contributed by atoms with Gasteiger partial charge in [0.25, 0.3) is 0 Å². The molecule has 106 valence electrons. The molecular formula is C15H21N5. The first kappa shape index (κ1) is 14.2. The van der Waals surface area contributed by atoms with Crippen molar-refractivity contribution in [2.24, 2.45) is 0 Å². The van der Waals surface area contributed by atoms with Crippen LogP contribution < -0.4 is 10.2 Å². The molecule has 2 aromatic rings. The Balaban J connectivity index is 2.15. The summed E-state index contributed by atoms with van der Waals surface area (Å²) >= 11 is 0. The van der Waals surface area contributed by atoms with Gasteiger partial charge < -0.3 is 10.2 Å². The van der Waals surface area contributed by atoms with Crippen LogP contribution in [0.2, 0.25) is 0 Å². The molecule has 1 N–H and O–H groups in total. The van der Waals surface area contributed by atoms with Crippen molar-refractivity contribution in [1.29, 1.82) is 0 Å². The van der Waals surface area contributed by atoms with E-state index in [4.69, 9.17) is 0 Å². The molecule has 0 unspecified atom stereocenters. The minimum Gasteiger partial charge on any atom is -0.351 e. The topological polar surface area (TPSA) is 53.9 Å². The van der Waals surface area contributed by atoms with Gasteiger partial charge in [-0.25, -0.2) is 0 Å². The summed E-state index contributed by atoms with van der Waals surface area (Å²) in [5.41, 5.74) is 1.26. The normalized spacial score (nSPS) is 10.6. The first-order valence-electron chi connectivity index (χ1n) is 6.94. The molecule has 1 aromatic heterocycles. The fourth-order valence-electron chi connectivity index (χ4n) is 1.93. The van der Waals surface area contributed by atoms with Crippen LogP contribution >= 0.6 is 0 Å². The lowest BCUT2D eigenvalue weighted by Gasteiger charge is -2.22. The van der Waals surface area contributed by atoms with Gasteiger partial charge in [0.15, 0.2) is 5.82 Å². The molecule has 0 atom stereocenters. The third kappa shape index (κ3) is 3.91. The number of hydrogen-bond donors (Lipinski definition) is 1. The predicted molar refractivity (Wildman–Crippen MR) is 81.8 cm³/mol. The van der Waals surface area contributed by atoms with E-state index in [1.54, 1.807) is 6.20 Å². The molecule has 5 heteroatoms. The highest BCUT2D eigenvalue weighted by molar-refractivity contribution is 5.41. The predicted octanol–water partition coefficient (Wildman–Crippen LogP) is 2.72. The van der Waals surface area contributed by atoms with Crippen LogP contribution in [0.4, 0.5) is 11.8 Å². The molecule has 0 amide bonds. The van der Waals surface area contributed by atoms with Crippen molar-refractivity contribution in [2.75, 3.05) is 16.8 Å². The van der Waals surface area contributed by atoms with Gasteiger partial charge in [-0.15, -0.1) is 5.10 Å². The van der Waals surface area contributed by atoms with E-state index >= 15 is 0 Å². The summed E-state index contributed by atoms with van der Waals surface area (Å²) in [4.78, 5) is 6.70. The number of anilines is 2. The van der Waals surface area contributed by atoms with E-state index in [1.807, 2.05) is 18.2 Å². The van der Waals surface area contributed by atoms with E-state index in [1.165, 1.54) is 5.56 Å². The van der Waals surface area contributed by atoms with Crippen LogP contribution in [0.1, 0.15) is 26.3 Å². The quantitative estimate of drug-likeness (QED) is 0.875. The highest BCUT2D eigenvalue weighted by Crippen LogP contribution is 2.14. The van der Waals surface area contributed by atoms with Gasteiger partial charge in [-0.05, 0) is 26.3 Å². The molecule has 1 heterocycles. The van der Waals surface area contributed by atoms with E-state index in [2.05, 4.69) is 58.3 Å². The highest BCUT2D eigenvalue weighted by atomic mass is 15.3. The zero-order valence-electron chi connectivity index (χ0n) is 12.2. The Bertz CT molecular complexity index is 527. The first-order valence-corrected chi connectivity index (χ1v) is 6.94. The van der Waals surface area contributed by atoms with Gasteiger partial charge in [-0.2, -0.15) is 10.1 Å². The molecule has 0 spiro atoms. The molecule has 0 aliphatic carbocycles. The van der Waals surface area contributed by atoms with Gasteiger partial charge >= 0.3 is 0 Å².